The van der Waals surface area contributed by atoms with Gasteiger partial charge in [-0.3, -0.25) is 0 Å². The summed E-state index contributed by atoms with van der Waals surface area (Å²) in [5.41, 5.74) is -0.107. The molecule has 0 saturated carbocycles. The summed E-state index contributed by atoms with van der Waals surface area (Å²) in [6.07, 6.45) is 10.1. The predicted octanol–water partition coefficient (Wildman–Crippen LogP) is 4.53. The van der Waals surface area contributed by atoms with Crippen molar-refractivity contribution >= 4 is 5.97 Å². The summed E-state index contributed by atoms with van der Waals surface area (Å²) in [5.74, 6) is -0.563. The van der Waals surface area contributed by atoms with Crippen molar-refractivity contribution in [1.82, 2.24) is 0 Å². The highest BCUT2D eigenvalue weighted by Crippen LogP contribution is 2.15. The number of carbonyl (C=O) groups excluding carboxylic acids is 1. The minimum Gasteiger partial charge on any atom is -0.458 e. The lowest BCUT2D eigenvalue weighted by molar-refractivity contribution is -0.144. The van der Waals surface area contributed by atoms with E-state index >= 15 is 0 Å². The smallest absolute Gasteiger partial charge is 0.348 e. The average molecular weight is 265 g/mol. The minimum absolute atomic E-state index is 0.0613. The van der Waals surface area contributed by atoms with Gasteiger partial charge in [0.2, 0.25) is 0 Å². The SMILES string of the molecule is C=C(C#N)C(=O)OC(CCC)CCCCCCCC. The van der Waals surface area contributed by atoms with E-state index < -0.39 is 5.97 Å². The summed E-state index contributed by atoms with van der Waals surface area (Å²) < 4.78 is 5.31. The largest absolute Gasteiger partial charge is 0.458 e. The molecule has 0 fully saturated rings. The van der Waals surface area contributed by atoms with Gasteiger partial charge in [-0.15, -0.1) is 0 Å². The Hall–Kier alpha value is -1.30. The summed E-state index contributed by atoms with van der Waals surface area (Å²) in [7, 11) is 0. The molecule has 0 saturated heterocycles. The van der Waals surface area contributed by atoms with Crippen LogP contribution in [0.4, 0.5) is 0 Å². The van der Waals surface area contributed by atoms with Crippen molar-refractivity contribution < 1.29 is 9.53 Å². The van der Waals surface area contributed by atoms with Crippen molar-refractivity contribution in [3.05, 3.63) is 12.2 Å². The first-order chi connectivity index (χ1) is 9.15. The van der Waals surface area contributed by atoms with E-state index in [1.807, 2.05) is 0 Å². The van der Waals surface area contributed by atoms with E-state index in [1.165, 1.54) is 32.1 Å². The summed E-state index contributed by atoms with van der Waals surface area (Å²) >= 11 is 0. The molecule has 0 spiro atoms. The minimum atomic E-state index is -0.563. The highest BCUT2D eigenvalue weighted by atomic mass is 16.5. The van der Waals surface area contributed by atoms with Crippen LogP contribution in [0.15, 0.2) is 12.2 Å². The molecular formula is C16H27NO2. The Morgan fingerprint density at radius 3 is 2.32 bits per heavy atom. The molecule has 0 aliphatic heterocycles. The Balaban J connectivity index is 3.89. The van der Waals surface area contributed by atoms with Gasteiger partial charge in [0.1, 0.15) is 17.7 Å². The summed E-state index contributed by atoms with van der Waals surface area (Å²) in [5, 5.41) is 8.59. The lowest BCUT2D eigenvalue weighted by atomic mass is 10.0. The molecule has 108 valence electrons. The lowest BCUT2D eigenvalue weighted by Crippen LogP contribution is -2.18. The van der Waals surface area contributed by atoms with Gasteiger partial charge in [-0.25, -0.2) is 4.79 Å². The number of rotatable bonds is 11. The van der Waals surface area contributed by atoms with Crippen LogP contribution in [0, 0.1) is 11.3 Å². The molecule has 1 atom stereocenters. The number of hydrogen-bond donors (Lipinski definition) is 0. The van der Waals surface area contributed by atoms with E-state index in [1.54, 1.807) is 6.07 Å². The molecule has 0 aliphatic carbocycles. The molecule has 0 bridgehead atoms. The van der Waals surface area contributed by atoms with Crippen LogP contribution in [0.25, 0.3) is 0 Å². The van der Waals surface area contributed by atoms with Gasteiger partial charge in [-0.1, -0.05) is 59.0 Å². The molecule has 0 rings (SSSR count). The number of ether oxygens (including phenoxy) is 1. The van der Waals surface area contributed by atoms with E-state index in [-0.39, 0.29) is 11.7 Å². The first-order valence-electron chi connectivity index (χ1n) is 7.45. The third-order valence-electron chi connectivity index (χ3n) is 3.15. The molecule has 1 unspecified atom stereocenters. The Morgan fingerprint density at radius 1 is 1.11 bits per heavy atom. The number of hydrogen-bond acceptors (Lipinski definition) is 3. The van der Waals surface area contributed by atoms with Crippen molar-refractivity contribution in [1.29, 1.82) is 5.26 Å². The quantitative estimate of drug-likeness (QED) is 0.239. The second kappa shape index (κ2) is 11.8. The lowest BCUT2D eigenvalue weighted by Gasteiger charge is -2.16. The third-order valence-corrected chi connectivity index (χ3v) is 3.15. The van der Waals surface area contributed by atoms with Gasteiger partial charge in [0.15, 0.2) is 0 Å². The summed E-state index contributed by atoms with van der Waals surface area (Å²) in [6.45, 7) is 7.66. The Kier molecular flexibility index (Phi) is 11.0. The molecule has 19 heavy (non-hydrogen) atoms. The Morgan fingerprint density at radius 2 is 1.74 bits per heavy atom. The first-order valence-corrected chi connectivity index (χ1v) is 7.45. The number of nitriles is 1. The van der Waals surface area contributed by atoms with E-state index in [4.69, 9.17) is 10.00 Å². The molecule has 0 N–H and O–H groups in total. The fourth-order valence-electron chi connectivity index (χ4n) is 2.00. The molecule has 0 aromatic heterocycles. The zero-order valence-corrected chi connectivity index (χ0v) is 12.4. The van der Waals surface area contributed by atoms with E-state index in [9.17, 15) is 4.79 Å². The van der Waals surface area contributed by atoms with Crippen LogP contribution in [-0.4, -0.2) is 12.1 Å². The number of unbranched alkanes of at least 4 members (excludes halogenated alkanes) is 5. The number of carbonyl (C=O) groups is 1. The molecule has 0 radical (unpaired) electrons. The Bertz CT molecular complexity index is 304. The van der Waals surface area contributed by atoms with Crippen LogP contribution in [0.3, 0.4) is 0 Å². The van der Waals surface area contributed by atoms with Gasteiger partial charge in [-0.05, 0) is 19.3 Å². The highest BCUT2D eigenvalue weighted by molar-refractivity contribution is 5.92. The average Bonchev–Trinajstić information content (AvgIpc) is 2.41. The maximum absolute atomic E-state index is 11.5. The van der Waals surface area contributed by atoms with Crippen LogP contribution in [0.2, 0.25) is 0 Å². The molecule has 0 aliphatic rings. The van der Waals surface area contributed by atoms with Crippen LogP contribution >= 0.6 is 0 Å². The van der Waals surface area contributed by atoms with Crippen LogP contribution in [0.1, 0.15) is 71.6 Å². The van der Waals surface area contributed by atoms with E-state index in [0.29, 0.717) is 0 Å². The second-order valence-corrected chi connectivity index (χ2v) is 4.96. The van der Waals surface area contributed by atoms with Crippen molar-refractivity contribution in [3.63, 3.8) is 0 Å². The van der Waals surface area contributed by atoms with Gasteiger partial charge < -0.3 is 4.74 Å². The van der Waals surface area contributed by atoms with E-state index in [2.05, 4.69) is 20.4 Å². The van der Waals surface area contributed by atoms with Crippen LogP contribution in [-0.2, 0) is 9.53 Å². The molecular weight excluding hydrogens is 238 g/mol. The molecule has 0 aromatic rings. The van der Waals surface area contributed by atoms with Gasteiger partial charge in [0.05, 0.1) is 0 Å². The van der Waals surface area contributed by atoms with Crippen molar-refractivity contribution in [2.24, 2.45) is 0 Å². The normalized spacial score (nSPS) is 11.6. The zero-order chi connectivity index (χ0) is 14.5. The highest BCUT2D eigenvalue weighted by Gasteiger charge is 2.15. The molecule has 3 nitrogen and oxygen atoms in total. The fourth-order valence-corrected chi connectivity index (χ4v) is 2.00. The predicted molar refractivity (Wildman–Crippen MR) is 77.5 cm³/mol. The third kappa shape index (κ3) is 9.30. The van der Waals surface area contributed by atoms with Crippen LogP contribution < -0.4 is 0 Å². The first kappa shape index (κ1) is 17.7. The summed E-state index contributed by atoms with van der Waals surface area (Å²) in [4.78, 5) is 11.5. The standard InChI is InChI=1S/C16H27NO2/c1-4-6-7-8-9-10-12-15(11-5-2)19-16(18)14(3)13-17/h15H,3-12H2,1-2H3. The topological polar surface area (TPSA) is 50.1 Å². The molecule has 0 heterocycles. The van der Waals surface area contributed by atoms with E-state index in [0.717, 1.165) is 25.7 Å². The second-order valence-electron chi connectivity index (χ2n) is 4.96. The molecule has 0 aromatic carbocycles. The van der Waals surface area contributed by atoms with Gasteiger partial charge in [0.25, 0.3) is 0 Å². The maximum Gasteiger partial charge on any atom is 0.348 e. The zero-order valence-electron chi connectivity index (χ0n) is 12.4. The molecule has 0 amide bonds. The summed E-state index contributed by atoms with van der Waals surface area (Å²) in [6, 6.07) is 1.73. The van der Waals surface area contributed by atoms with Crippen LogP contribution in [0.5, 0.6) is 0 Å². The Labute approximate surface area is 117 Å². The maximum atomic E-state index is 11.5. The van der Waals surface area contributed by atoms with Gasteiger partial charge in [-0.2, -0.15) is 5.26 Å². The van der Waals surface area contributed by atoms with Crippen molar-refractivity contribution in [2.75, 3.05) is 0 Å². The van der Waals surface area contributed by atoms with Gasteiger partial charge in [0, 0.05) is 0 Å². The molecule has 3 heteroatoms. The number of esters is 1. The monoisotopic (exact) mass is 265 g/mol. The fraction of sp³-hybridized carbons (Fsp3) is 0.750. The van der Waals surface area contributed by atoms with Gasteiger partial charge >= 0.3 is 5.97 Å². The van der Waals surface area contributed by atoms with Crippen molar-refractivity contribution in [2.45, 2.75) is 77.7 Å². The van der Waals surface area contributed by atoms with Crippen molar-refractivity contribution in [3.8, 4) is 6.07 Å². The number of nitrogens with zero attached hydrogens (tertiary/aromatic N) is 1.